The van der Waals surface area contributed by atoms with E-state index in [9.17, 15) is 9.59 Å². The predicted octanol–water partition coefficient (Wildman–Crippen LogP) is 4.18. The van der Waals surface area contributed by atoms with Crippen molar-refractivity contribution in [3.8, 4) is 0 Å². The molecule has 0 spiro atoms. The normalized spacial score (nSPS) is 10.8. The lowest BCUT2D eigenvalue weighted by molar-refractivity contribution is -0.117. The van der Waals surface area contributed by atoms with Gasteiger partial charge in [0.1, 0.15) is 5.76 Å². The summed E-state index contributed by atoms with van der Waals surface area (Å²) < 4.78 is 5.42. The van der Waals surface area contributed by atoms with Crippen molar-refractivity contribution in [2.75, 3.05) is 11.9 Å². The van der Waals surface area contributed by atoms with Crippen molar-refractivity contribution in [1.29, 1.82) is 0 Å². The third-order valence-corrected chi connectivity index (χ3v) is 4.72. The van der Waals surface area contributed by atoms with Gasteiger partial charge in [-0.15, -0.1) is 11.3 Å². The number of carbonyl (C=O) groups is 2. The molecule has 0 radical (unpaired) electrons. The number of ketones is 1. The molecule has 0 saturated carbocycles. The van der Waals surface area contributed by atoms with Crippen LogP contribution in [0.3, 0.4) is 0 Å². The summed E-state index contributed by atoms with van der Waals surface area (Å²) in [6, 6.07) is 14.7. The molecule has 0 atom stereocenters. The SMILES string of the molecule is CC(=O)c1ccc(NC(=O)CN(Cc2ccco2)Cc2cccs2)cc1. The van der Waals surface area contributed by atoms with Crippen LogP contribution in [0.15, 0.2) is 64.6 Å². The maximum Gasteiger partial charge on any atom is 0.238 e. The Morgan fingerprint density at radius 3 is 2.50 bits per heavy atom. The molecule has 0 aliphatic carbocycles. The van der Waals surface area contributed by atoms with Crippen LogP contribution in [0.5, 0.6) is 0 Å². The fourth-order valence-electron chi connectivity index (χ4n) is 2.61. The number of amides is 1. The lowest BCUT2D eigenvalue weighted by Crippen LogP contribution is -2.32. The van der Waals surface area contributed by atoms with Crippen molar-refractivity contribution in [3.05, 3.63) is 76.4 Å². The number of nitrogens with zero attached hydrogens (tertiary/aromatic N) is 1. The summed E-state index contributed by atoms with van der Waals surface area (Å²) in [5.74, 6) is 0.715. The van der Waals surface area contributed by atoms with Crippen LogP contribution >= 0.6 is 11.3 Å². The minimum atomic E-state index is -0.108. The molecular formula is C20H20N2O3S. The van der Waals surface area contributed by atoms with Crippen LogP contribution in [0, 0.1) is 0 Å². The first-order valence-corrected chi connectivity index (χ1v) is 9.16. The fraction of sp³-hybridized carbons (Fsp3) is 0.200. The van der Waals surface area contributed by atoms with E-state index in [2.05, 4.69) is 11.4 Å². The summed E-state index contributed by atoms with van der Waals surface area (Å²) in [5.41, 5.74) is 1.30. The molecule has 0 unspecified atom stereocenters. The van der Waals surface area contributed by atoms with Crippen LogP contribution in [0.2, 0.25) is 0 Å². The second-order valence-electron chi connectivity index (χ2n) is 5.99. The number of hydrogen-bond acceptors (Lipinski definition) is 5. The molecule has 0 aliphatic rings. The first kappa shape index (κ1) is 18.1. The molecule has 0 aliphatic heterocycles. The summed E-state index contributed by atoms with van der Waals surface area (Å²) >= 11 is 1.66. The number of benzene rings is 1. The maximum absolute atomic E-state index is 12.5. The molecule has 0 saturated heterocycles. The zero-order chi connectivity index (χ0) is 18.4. The minimum Gasteiger partial charge on any atom is -0.468 e. The lowest BCUT2D eigenvalue weighted by atomic mass is 10.1. The molecular weight excluding hydrogens is 348 g/mol. The number of hydrogen-bond donors (Lipinski definition) is 1. The van der Waals surface area contributed by atoms with Gasteiger partial charge in [-0.3, -0.25) is 14.5 Å². The summed E-state index contributed by atoms with van der Waals surface area (Å²) in [6.07, 6.45) is 1.63. The van der Waals surface area contributed by atoms with E-state index in [4.69, 9.17) is 4.42 Å². The van der Waals surface area contributed by atoms with Crippen LogP contribution in [0.1, 0.15) is 27.9 Å². The van der Waals surface area contributed by atoms with E-state index >= 15 is 0 Å². The Bertz CT molecular complexity index is 804. The molecule has 0 bridgehead atoms. The largest absolute Gasteiger partial charge is 0.468 e. The number of anilines is 1. The quantitative estimate of drug-likeness (QED) is 0.606. The molecule has 1 N–H and O–H groups in total. The van der Waals surface area contributed by atoms with Gasteiger partial charge in [-0.1, -0.05) is 6.07 Å². The molecule has 2 aromatic heterocycles. The highest BCUT2D eigenvalue weighted by atomic mass is 32.1. The topological polar surface area (TPSA) is 62.6 Å². The first-order chi connectivity index (χ1) is 12.6. The van der Waals surface area contributed by atoms with E-state index < -0.39 is 0 Å². The Hall–Kier alpha value is -2.70. The third kappa shape index (κ3) is 5.15. The molecule has 134 valence electrons. The Labute approximate surface area is 156 Å². The van der Waals surface area contributed by atoms with Crippen LogP contribution in [0.25, 0.3) is 0 Å². The first-order valence-electron chi connectivity index (χ1n) is 8.28. The van der Waals surface area contributed by atoms with E-state index in [-0.39, 0.29) is 18.2 Å². The fourth-order valence-corrected chi connectivity index (χ4v) is 3.35. The van der Waals surface area contributed by atoms with Gasteiger partial charge in [-0.25, -0.2) is 0 Å². The molecule has 1 aromatic carbocycles. The number of rotatable bonds is 8. The highest BCUT2D eigenvalue weighted by molar-refractivity contribution is 7.09. The number of carbonyl (C=O) groups excluding carboxylic acids is 2. The van der Waals surface area contributed by atoms with Crippen molar-refractivity contribution in [2.24, 2.45) is 0 Å². The van der Waals surface area contributed by atoms with E-state index in [1.54, 1.807) is 41.9 Å². The van der Waals surface area contributed by atoms with Gasteiger partial charge in [0.25, 0.3) is 0 Å². The Morgan fingerprint density at radius 1 is 1.08 bits per heavy atom. The number of nitrogens with one attached hydrogen (secondary N) is 1. The third-order valence-electron chi connectivity index (χ3n) is 3.86. The Morgan fingerprint density at radius 2 is 1.88 bits per heavy atom. The zero-order valence-electron chi connectivity index (χ0n) is 14.5. The second kappa shape index (κ2) is 8.60. The summed E-state index contributed by atoms with van der Waals surface area (Å²) in [7, 11) is 0. The predicted molar refractivity (Wildman–Crippen MR) is 102 cm³/mol. The van der Waals surface area contributed by atoms with Crippen LogP contribution in [-0.2, 0) is 17.9 Å². The minimum absolute atomic E-state index is 0.00319. The molecule has 2 heterocycles. The van der Waals surface area contributed by atoms with Crippen LogP contribution in [-0.4, -0.2) is 23.1 Å². The summed E-state index contributed by atoms with van der Waals surface area (Å²) in [4.78, 5) is 27.0. The van der Waals surface area contributed by atoms with Gasteiger partial charge in [0.2, 0.25) is 5.91 Å². The van der Waals surface area contributed by atoms with Gasteiger partial charge in [0.15, 0.2) is 5.78 Å². The molecule has 6 heteroatoms. The number of thiophene rings is 1. The molecule has 1 amide bonds. The maximum atomic E-state index is 12.5. The van der Waals surface area contributed by atoms with E-state index in [1.165, 1.54) is 11.8 Å². The number of Topliss-reactive ketones (excluding diaryl/α,β-unsaturated/α-hetero) is 1. The van der Waals surface area contributed by atoms with E-state index in [0.717, 1.165) is 5.76 Å². The average Bonchev–Trinajstić information content (AvgIpc) is 3.29. The van der Waals surface area contributed by atoms with Gasteiger partial charge in [0.05, 0.1) is 19.4 Å². The average molecular weight is 368 g/mol. The van der Waals surface area contributed by atoms with Gasteiger partial charge in [0, 0.05) is 22.7 Å². The van der Waals surface area contributed by atoms with Gasteiger partial charge in [-0.2, -0.15) is 0 Å². The number of furan rings is 1. The van der Waals surface area contributed by atoms with Gasteiger partial charge in [-0.05, 0) is 54.8 Å². The van der Waals surface area contributed by atoms with E-state index in [0.29, 0.717) is 24.3 Å². The van der Waals surface area contributed by atoms with Crippen molar-refractivity contribution >= 4 is 28.7 Å². The summed E-state index contributed by atoms with van der Waals surface area (Å²) in [5, 5.41) is 4.90. The molecule has 0 fully saturated rings. The van der Waals surface area contributed by atoms with Crippen molar-refractivity contribution < 1.29 is 14.0 Å². The molecule has 3 rings (SSSR count). The smallest absolute Gasteiger partial charge is 0.238 e. The van der Waals surface area contributed by atoms with E-state index in [1.807, 2.05) is 28.5 Å². The van der Waals surface area contributed by atoms with Crippen molar-refractivity contribution in [3.63, 3.8) is 0 Å². The highest BCUT2D eigenvalue weighted by Crippen LogP contribution is 2.15. The van der Waals surface area contributed by atoms with Gasteiger partial charge >= 0.3 is 0 Å². The Kier molecular flexibility index (Phi) is 5.99. The Balaban J connectivity index is 1.63. The standard InChI is InChI=1S/C20H20N2O3S/c1-15(23)16-6-8-17(9-7-16)21-20(24)14-22(12-18-4-2-10-25-18)13-19-5-3-11-26-19/h2-11H,12-14H2,1H3,(H,21,24). The van der Waals surface area contributed by atoms with Crippen molar-refractivity contribution in [1.82, 2.24) is 4.90 Å². The van der Waals surface area contributed by atoms with Crippen molar-refractivity contribution in [2.45, 2.75) is 20.0 Å². The highest BCUT2D eigenvalue weighted by Gasteiger charge is 2.14. The lowest BCUT2D eigenvalue weighted by Gasteiger charge is -2.20. The monoisotopic (exact) mass is 368 g/mol. The molecule has 3 aromatic rings. The second-order valence-corrected chi connectivity index (χ2v) is 7.02. The molecule has 5 nitrogen and oxygen atoms in total. The van der Waals surface area contributed by atoms with Crippen LogP contribution < -0.4 is 5.32 Å². The molecule has 26 heavy (non-hydrogen) atoms. The summed E-state index contributed by atoms with van der Waals surface area (Å²) in [6.45, 7) is 2.99. The van der Waals surface area contributed by atoms with Gasteiger partial charge < -0.3 is 9.73 Å². The zero-order valence-corrected chi connectivity index (χ0v) is 15.3. The van der Waals surface area contributed by atoms with Crippen LogP contribution in [0.4, 0.5) is 5.69 Å².